The fraction of sp³-hybridized carbons (Fsp3) is 0.529. The summed E-state index contributed by atoms with van der Waals surface area (Å²) in [7, 11) is 0. The van der Waals surface area contributed by atoms with Crippen LogP contribution in [-0.2, 0) is 4.79 Å². The smallest absolute Gasteiger partial charge is 0.253 e. The van der Waals surface area contributed by atoms with Crippen molar-refractivity contribution in [3.05, 3.63) is 29.3 Å². The minimum Gasteiger partial charge on any atom is -0.396 e. The summed E-state index contributed by atoms with van der Waals surface area (Å²) in [4.78, 5) is 26.2. The first-order valence-corrected chi connectivity index (χ1v) is 7.85. The van der Waals surface area contributed by atoms with Gasteiger partial charge in [-0.25, -0.2) is 0 Å². The van der Waals surface area contributed by atoms with E-state index in [1.165, 1.54) is 0 Å². The highest BCUT2D eigenvalue weighted by Gasteiger charge is 2.26. The maximum absolute atomic E-state index is 12.5. The van der Waals surface area contributed by atoms with Crippen LogP contribution in [0.4, 0.5) is 5.69 Å². The lowest BCUT2D eigenvalue weighted by Gasteiger charge is -2.21. The number of hydrogen-bond acceptors (Lipinski definition) is 3. The lowest BCUT2D eigenvalue weighted by Crippen LogP contribution is -2.34. The SMILES string of the molecule is Cc1ccc(N2CCCC2=O)c(C(=O)NC(C)CCCO)c1. The fourth-order valence-corrected chi connectivity index (χ4v) is 2.74. The number of carbonyl (C=O) groups excluding carboxylic acids is 2. The van der Waals surface area contributed by atoms with E-state index in [1.54, 1.807) is 4.90 Å². The fourth-order valence-electron chi connectivity index (χ4n) is 2.74. The van der Waals surface area contributed by atoms with Gasteiger partial charge in [-0.05, 0) is 45.2 Å². The molecule has 2 amide bonds. The number of aryl methyl sites for hydroxylation is 1. The third-order valence-corrected chi connectivity index (χ3v) is 3.93. The molecular weight excluding hydrogens is 280 g/mol. The number of rotatable bonds is 6. The highest BCUT2D eigenvalue weighted by atomic mass is 16.3. The third kappa shape index (κ3) is 3.85. The standard InChI is InChI=1S/C17H24N2O3/c1-12-7-8-15(19-9-3-6-16(19)21)14(11-12)17(22)18-13(2)5-4-10-20/h7-8,11,13,20H,3-6,9-10H2,1-2H3,(H,18,22). The van der Waals surface area contributed by atoms with E-state index in [1.807, 2.05) is 32.0 Å². The molecule has 0 saturated carbocycles. The second-order valence-electron chi connectivity index (χ2n) is 5.91. The average Bonchev–Trinajstić information content (AvgIpc) is 2.91. The summed E-state index contributed by atoms with van der Waals surface area (Å²) in [6.45, 7) is 4.64. The molecule has 1 atom stereocenters. The van der Waals surface area contributed by atoms with Gasteiger partial charge >= 0.3 is 0 Å². The van der Waals surface area contributed by atoms with Crippen molar-refractivity contribution >= 4 is 17.5 Å². The Hall–Kier alpha value is -1.88. The summed E-state index contributed by atoms with van der Waals surface area (Å²) in [5.74, 6) is -0.0879. The van der Waals surface area contributed by atoms with E-state index < -0.39 is 0 Å². The summed E-state index contributed by atoms with van der Waals surface area (Å²) in [6, 6.07) is 5.59. The van der Waals surface area contributed by atoms with Crippen LogP contribution >= 0.6 is 0 Å². The number of carbonyl (C=O) groups is 2. The van der Waals surface area contributed by atoms with E-state index in [4.69, 9.17) is 5.11 Å². The Morgan fingerprint density at radius 2 is 2.23 bits per heavy atom. The molecular formula is C17H24N2O3. The van der Waals surface area contributed by atoms with E-state index in [0.717, 1.165) is 18.4 Å². The molecule has 2 rings (SSSR count). The Morgan fingerprint density at radius 3 is 2.86 bits per heavy atom. The number of anilines is 1. The molecule has 1 aromatic rings. The lowest BCUT2D eigenvalue weighted by molar-refractivity contribution is -0.117. The van der Waals surface area contributed by atoms with Crippen LogP contribution in [0.1, 0.15) is 48.5 Å². The monoisotopic (exact) mass is 304 g/mol. The molecule has 5 nitrogen and oxygen atoms in total. The number of nitrogens with one attached hydrogen (secondary N) is 1. The predicted molar refractivity (Wildman–Crippen MR) is 86.0 cm³/mol. The quantitative estimate of drug-likeness (QED) is 0.844. The van der Waals surface area contributed by atoms with Crippen LogP contribution in [0.5, 0.6) is 0 Å². The number of hydrogen-bond donors (Lipinski definition) is 2. The van der Waals surface area contributed by atoms with E-state index in [0.29, 0.717) is 30.6 Å². The lowest BCUT2D eigenvalue weighted by atomic mass is 10.1. The summed E-state index contributed by atoms with van der Waals surface area (Å²) >= 11 is 0. The maximum Gasteiger partial charge on any atom is 0.253 e. The van der Waals surface area contributed by atoms with Crippen LogP contribution in [0, 0.1) is 6.92 Å². The largest absolute Gasteiger partial charge is 0.396 e. The first-order valence-electron chi connectivity index (χ1n) is 7.85. The van der Waals surface area contributed by atoms with E-state index in [2.05, 4.69) is 5.32 Å². The minimum atomic E-state index is -0.163. The molecule has 0 aromatic heterocycles. The van der Waals surface area contributed by atoms with Crippen molar-refractivity contribution < 1.29 is 14.7 Å². The number of aliphatic hydroxyl groups excluding tert-OH is 1. The van der Waals surface area contributed by atoms with Crippen molar-refractivity contribution in [3.63, 3.8) is 0 Å². The van der Waals surface area contributed by atoms with E-state index in [-0.39, 0.29) is 24.5 Å². The van der Waals surface area contributed by atoms with E-state index >= 15 is 0 Å². The molecule has 120 valence electrons. The highest BCUT2D eigenvalue weighted by molar-refractivity contribution is 6.05. The molecule has 1 fully saturated rings. The van der Waals surface area contributed by atoms with Crippen LogP contribution < -0.4 is 10.2 Å². The van der Waals surface area contributed by atoms with Gasteiger partial charge in [0.1, 0.15) is 0 Å². The third-order valence-electron chi connectivity index (χ3n) is 3.93. The maximum atomic E-state index is 12.5. The molecule has 1 aliphatic heterocycles. The number of nitrogens with zero attached hydrogens (tertiary/aromatic N) is 1. The first-order chi connectivity index (χ1) is 10.5. The number of benzene rings is 1. The van der Waals surface area contributed by atoms with Crippen molar-refractivity contribution in [2.75, 3.05) is 18.1 Å². The summed E-state index contributed by atoms with van der Waals surface area (Å²) in [5.41, 5.74) is 2.23. The van der Waals surface area contributed by atoms with Gasteiger partial charge in [0, 0.05) is 25.6 Å². The van der Waals surface area contributed by atoms with Crippen molar-refractivity contribution in [1.82, 2.24) is 5.32 Å². The Bertz CT molecular complexity index is 557. The van der Waals surface area contributed by atoms with Gasteiger partial charge < -0.3 is 15.3 Å². The van der Waals surface area contributed by atoms with Gasteiger partial charge in [-0.3, -0.25) is 9.59 Å². The van der Waals surface area contributed by atoms with Crippen LogP contribution in [0.25, 0.3) is 0 Å². The summed E-state index contributed by atoms with van der Waals surface area (Å²) in [5, 5.41) is 11.8. The molecule has 1 aliphatic rings. The molecule has 0 radical (unpaired) electrons. The average molecular weight is 304 g/mol. The normalized spacial score (nSPS) is 16.0. The Balaban J connectivity index is 2.19. The van der Waals surface area contributed by atoms with Crippen molar-refractivity contribution in [2.45, 2.75) is 45.6 Å². The Morgan fingerprint density at radius 1 is 1.45 bits per heavy atom. The Labute approximate surface area is 131 Å². The van der Waals surface area contributed by atoms with Gasteiger partial charge in [0.15, 0.2) is 0 Å². The van der Waals surface area contributed by atoms with Gasteiger partial charge in [-0.2, -0.15) is 0 Å². The zero-order valence-electron chi connectivity index (χ0n) is 13.3. The zero-order valence-corrected chi connectivity index (χ0v) is 13.3. The highest BCUT2D eigenvalue weighted by Crippen LogP contribution is 2.26. The topological polar surface area (TPSA) is 69.6 Å². The molecule has 1 saturated heterocycles. The van der Waals surface area contributed by atoms with Crippen LogP contribution in [0.3, 0.4) is 0 Å². The molecule has 22 heavy (non-hydrogen) atoms. The second-order valence-corrected chi connectivity index (χ2v) is 5.91. The van der Waals surface area contributed by atoms with Crippen molar-refractivity contribution in [2.24, 2.45) is 0 Å². The summed E-state index contributed by atoms with van der Waals surface area (Å²) in [6.07, 6.45) is 2.77. The molecule has 1 heterocycles. The van der Waals surface area contributed by atoms with E-state index in [9.17, 15) is 9.59 Å². The Kier molecular flexibility index (Phi) is 5.55. The first kappa shape index (κ1) is 16.5. The minimum absolute atomic E-state index is 0.0118. The van der Waals surface area contributed by atoms with Gasteiger partial charge in [0.05, 0.1) is 11.3 Å². The molecule has 0 bridgehead atoms. The molecule has 5 heteroatoms. The number of amides is 2. The molecule has 1 aromatic carbocycles. The van der Waals surface area contributed by atoms with Gasteiger partial charge in [-0.15, -0.1) is 0 Å². The van der Waals surface area contributed by atoms with Crippen LogP contribution in [-0.4, -0.2) is 36.1 Å². The molecule has 2 N–H and O–H groups in total. The summed E-state index contributed by atoms with van der Waals surface area (Å²) < 4.78 is 0. The predicted octanol–water partition coefficient (Wildman–Crippen LogP) is 2.01. The second kappa shape index (κ2) is 7.40. The number of aliphatic hydroxyl groups is 1. The molecule has 0 spiro atoms. The van der Waals surface area contributed by atoms with Gasteiger partial charge in [0.25, 0.3) is 5.91 Å². The molecule has 0 aliphatic carbocycles. The van der Waals surface area contributed by atoms with Crippen LogP contribution in [0.15, 0.2) is 18.2 Å². The van der Waals surface area contributed by atoms with Crippen molar-refractivity contribution in [3.8, 4) is 0 Å². The molecule has 1 unspecified atom stereocenters. The van der Waals surface area contributed by atoms with Gasteiger partial charge in [-0.1, -0.05) is 11.6 Å². The van der Waals surface area contributed by atoms with Gasteiger partial charge in [0.2, 0.25) is 5.91 Å². The zero-order chi connectivity index (χ0) is 16.1. The van der Waals surface area contributed by atoms with Crippen LogP contribution in [0.2, 0.25) is 0 Å². The van der Waals surface area contributed by atoms with Crippen molar-refractivity contribution in [1.29, 1.82) is 0 Å².